The number of ether oxygens (including phenoxy) is 1. The van der Waals surface area contributed by atoms with Crippen LogP contribution < -0.4 is 21.0 Å². The van der Waals surface area contributed by atoms with Gasteiger partial charge in [-0.15, -0.1) is 0 Å². The lowest BCUT2D eigenvalue weighted by Crippen LogP contribution is -2.32. The zero-order valence-electron chi connectivity index (χ0n) is 13.5. The van der Waals surface area contributed by atoms with Gasteiger partial charge in [0.05, 0.1) is 24.3 Å². The number of pyridine rings is 1. The maximum absolute atomic E-state index is 12.3. The number of benzene rings is 1. The summed E-state index contributed by atoms with van der Waals surface area (Å²) in [6.07, 6.45) is 2.78. The predicted molar refractivity (Wildman–Crippen MR) is 92.0 cm³/mol. The topological polar surface area (TPSA) is 106 Å². The molecule has 2 aromatic heterocycles. The lowest BCUT2D eigenvalue weighted by atomic mass is 10.2. The van der Waals surface area contributed by atoms with Gasteiger partial charge < -0.3 is 15.0 Å². The van der Waals surface area contributed by atoms with Crippen LogP contribution in [0.25, 0.3) is 10.9 Å². The Labute approximate surface area is 142 Å². The molecule has 0 atom stereocenters. The molecule has 0 radical (unpaired) electrons. The summed E-state index contributed by atoms with van der Waals surface area (Å²) in [5.74, 6) is -0.313. The fraction of sp³-hybridized carbons (Fsp3) is 0.176. The van der Waals surface area contributed by atoms with E-state index in [9.17, 15) is 14.4 Å². The average Bonchev–Trinajstić information content (AvgIpc) is 2.63. The zero-order chi connectivity index (χ0) is 17.8. The van der Waals surface area contributed by atoms with E-state index >= 15 is 0 Å². The maximum Gasteiger partial charge on any atom is 0.267 e. The van der Waals surface area contributed by atoms with Crippen LogP contribution in [0.4, 0.5) is 0 Å². The van der Waals surface area contributed by atoms with E-state index in [0.717, 1.165) is 6.07 Å². The standard InChI is InChI=1S/C17H16N4O4/c1-25-15-9-19-13(8-14(15)22)16(23)18-6-7-21-10-20-12-5-3-2-4-11(12)17(21)24/h2-5,8-10H,6-7H2,1H3,(H,18,23)(H,19,22). The Kier molecular flexibility index (Phi) is 4.60. The Morgan fingerprint density at radius 3 is 2.88 bits per heavy atom. The van der Waals surface area contributed by atoms with Crippen molar-refractivity contribution >= 4 is 16.8 Å². The van der Waals surface area contributed by atoms with Crippen LogP contribution in [0.5, 0.6) is 5.75 Å². The van der Waals surface area contributed by atoms with E-state index in [1.54, 1.807) is 18.2 Å². The largest absolute Gasteiger partial charge is 0.491 e. The number of carbonyl (C=O) groups is 1. The van der Waals surface area contributed by atoms with Crippen molar-refractivity contribution in [2.24, 2.45) is 0 Å². The van der Waals surface area contributed by atoms with E-state index in [2.05, 4.69) is 15.3 Å². The summed E-state index contributed by atoms with van der Waals surface area (Å²) in [6, 6.07) is 8.23. The van der Waals surface area contributed by atoms with Gasteiger partial charge in [0.15, 0.2) is 5.75 Å². The van der Waals surface area contributed by atoms with E-state index in [4.69, 9.17) is 4.74 Å². The zero-order valence-corrected chi connectivity index (χ0v) is 13.5. The number of para-hydroxylation sites is 1. The molecule has 1 amide bonds. The van der Waals surface area contributed by atoms with Crippen LogP contribution >= 0.6 is 0 Å². The molecule has 0 aliphatic carbocycles. The Bertz CT molecular complexity index is 1040. The van der Waals surface area contributed by atoms with Gasteiger partial charge in [0.2, 0.25) is 5.43 Å². The molecule has 8 nitrogen and oxygen atoms in total. The van der Waals surface area contributed by atoms with Crippen molar-refractivity contribution in [2.45, 2.75) is 6.54 Å². The fourth-order valence-electron chi connectivity index (χ4n) is 2.40. The van der Waals surface area contributed by atoms with Crippen LogP contribution in [-0.4, -0.2) is 34.1 Å². The minimum Gasteiger partial charge on any atom is -0.491 e. The van der Waals surface area contributed by atoms with Crippen molar-refractivity contribution in [1.82, 2.24) is 19.9 Å². The molecule has 1 aromatic carbocycles. The smallest absolute Gasteiger partial charge is 0.267 e. The normalized spacial score (nSPS) is 10.6. The monoisotopic (exact) mass is 340 g/mol. The van der Waals surface area contributed by atoms with Gasteiger partial charge in [0.25, 0.3) is 11.5 Å². The van der Waals surface area contributed by atoms with Gasteiger partial charge in [-0.2, -0.15) is 0 Å². The first-order chi connectivity index (χ1) is 12.1. The second-order valence-electron chi connectivity index (χ2n) is 5.30. The van der Waals surface area contributed by atoms with Crippen molar-refractivity contribution < 1.29 is 9.53 Å². The van der Waals surface area contributed by atoms with E-state index in [1.165, 1.54) is 24.2 Å². The number of rotatable bonds is 5. The molecule has 2 N–H and O–H groups in total. The highest BCUT2D eigenvalue weighted by atomic mass is 16.5. The summed E-state index contributed by atoms with van der Waals surface area (Å²) in [4.78, 5) is 43.0. The number of carbonyl (C=O) groups excluding carboxylic acids is 1. The Morgan fingerprint density at radius 2 is 2.12 bits per heavy atom. The molecular weight excluding hydrogens is 324 g/mol. The fourth-order valence-corrected chi connectivity index (χ4v) is 2.40. The second-order valence-corrected chi connectivity index (χ2v) is 5.30. The Balaban J connectivity index is 1.68. The van der Waals surface area contributed by atoms with Gasteiger partial charge in [0, 0.05) is 25.4 Å². The highest BCUT2D eigenvalue weighted by molar-refractivity contribution is 5.92. The summed E-state index contributed by atoms with van der Waals surface area (Å²) < 4.78 is 6.28. The van der Waals surface area contributed by atoms with Gasteiger partial charge >= 0.3 is 0 Å². The van der Waals surface area contributed by atoms with Crippen LogP contribution in [-0.2, 0) is 6.54 Å². The van der Waals surface area contributed by atoms with Crippen molar-refractivity contribution in [1.29, 1.82) is 0 Å². The summed E-state index contributed by atoms with van der Waals surface area (Å²) >= 11 is 0. The number of amides is 1. The van der Waals surface area contributed by atoms with Crippen LogP contribution in [0.3, 0.4) is 0 Å². The molecule has 0 spiro atoms. The number of aromatic nitrogens is 3. The molecule has 2 heterocycles. The first-order valence-electron chi connectivity index (χ1n) is 7.59. The number of nitrogens with one attached hydrogen (secondary N) is 2. The minimum absolute atomic E-state index is 0.120. The first-order valence-corrected chi connectivity index (χ1v) is 7.59. The van der Waals surface area contributed by atoms with Crippen molar-refractivity contribution in [3.05, 3.63) is 69.1 Å². The highest BCUT2D eigenvalue weighted by Gasteiger charge is 2.09. The number of nitrogens with zero attached hydrogens (tertiary/aromatic N) is 2. The SMILES string of the molecule is COc1c[nH]c(C(=O)NCCn2cnc3ccccc3c2=O)cc1=O. The summed E-state index contributed by atoms with van der Waals surface area (Å²) in [7, 11) is 1.37. The molecule has 8 heteroatoms. The second kappa shape index (κ2) is 7.00. The molecule has 0 aliphatic rings. The summed E-state index contributed by atoms with van der Waals surface area (Å²) in [5.41, 5.74) is 0.192. The van der Waals surface area contributed by atoms with E-state index in [-0.39, 0.29) is 35.5 Å². The molecule has 0 bridgehead atoms. The number of aromatic amines is 1. The summed E-state index contributed by atoms with van der Waals surface area (Å²) in [5, 5.41) is 3.17. The number of hydrogen-bond donors (Lipinski definition) is 2. The summed E-state index contributed by atoms with van der Waals surface area (Å²) in [6.45, 7) is 0.482. The third-order valence-corrected chi connectivity index (χ3v) is 3.71. The van der Waals surface area contributed by atoms with Crippen LogP contribution in [0.2, 0.25) is 0 Å². The molecule has 0 unspecified atom stereocenters. The molecular formula is C17H16N4O4. The van der Waals surface area contributed by atoms with Crippen LogP contribution in [0.15, 0.2) is 52.4 Å². The molecule has 0 fully saturated rings. The van der Waals surface area contributed by atoms with Gasteiger partial charge in [-0.3, -0.25) is 19.0 Å². The molecule has 3 aromatic rings. The molecule has 0 saturated heterocycles. The minimum atomic E-state index is -0.443. The van der Waals surface area contributed by atoms with Gasteiger partial charge in [-0.25, -0.2) is 4.98 Å². The average molecular weight is 340 g/mol. The van der Waals surface area contributed by atoms with Crippen LogP contribution in [0.1, 0.15) is 10.5 Å². The molecule has 0 aliphatic heterocycles. The van der Waals surface area contributed by atoms with Gasteiger partial charge in [-0.1, -0.05) is 12.1 Å². The Hall–Kier alpha value is -3.42. The van der Waals surface area contributed by atoms with E-state index < -0.39 is 5.91 Å². The molecule has 0 saturated carbocycles. The third-order valence-electron chi connectivity index (χ3n) is 3.71. The van der Waals surface area contributed by atoms with E-state index in [1.807, 2.05) is 6.07 Å². The number of hydrogen-bond acceptors (Lipinski definition) is 5. The lowest BCUT2D eigenvalue weighted by Gasteiger charge is -2.08. The third kappa shape index (κ3) is 3.42. The maximum atomic E-state index is 12.3. The van der Waals surface area contributed by atoms with Crippen molar-refractivity contribution in [3.63, 3.8) is 0 Å². The quantitative estimate of drug-likeness (QED) is 0.704. The predicted octanol–water partition coefficient (Wildman–Crippen LogP) is 0.523. The number of H-pyrrole nitrogens is 1. The number of fused-ring (bicyclic) bond motifs is 1. The molecule has 25 heavy (non-hydrogen) atoms. The Morgan fingerprint density at radius 1 is 1.32 bits per heavy atom. The van der Waals surface area contributed by atoms with Crippen molar-refractivity contribution in [3.8, 4) is 5.75 Å². The first kappa shape index (κ1) is 16.4. The van der Waals surface area contributed by atoms with Gasteiger partial charge in [-0.05, 0) is 12.1 Å². The van der Waals surface area contributed by atoms with Crippen molar-refractivity contribution in [2.75, 3.05) is 13.7 Å². The molecule has 128 valence electrons. The van der Waals surface area contributed by atoms with E-state index in [0.29, 0.717) is 10.9 Å². The molecule has 3 rings (SSSR count). The number of methoxy groups -OCH3 is 1. The van der Waals surface area contributed by atoms with Crippen LogP contribution in [0, 0.1) is 0 Å². The lowest BCUT2D eigenvalue weighted by molar-refractivity contribution is 0.0947. The highest BCUT2D eigenvalue weighted by Crippen LogP contribution is 2.04. The van der Waals surface area contributed by atoms with Gasteiger partial charge in [0.1, 0.15) is 5.69 Å².